The summed E-state index contributed by atoms with van der Waals surface area (Å²) in [5.41, 5.74) is 0. The Morgan fingerprint density at radius 3 is 1.80 bits per heavy atom. The molecule has 1 N–H and O–H groups in total. The van der Waals surface area contributed by atoms with E-state index in [-0.39, 0.29) is 0 Å². The monoisotopic (exact) mass is 89.0 g/mol. The maximum Gasteiger partial charge on any atom is 0.0463 e. The van der Waals surface area contributed by atoms with Gasteiger partial charge in [0.15, 0.2) is 0 Å². The first-order chi connectivity index (χ1) is 2.21. The van der Waals surface area contributed by atoms with Crippen LogP contribution in [0.15, 0.2) is 0 Å². The molecule has 2 heteroatoms. The Balaban J connectivity index is 2.38. The minimum Gasteiger partial charge on any atom is -0.286 e. The lowest BCUT2D eigenvalue weighted by molar-refractivity contribution is 0.808. The molecule has 0 radical (unpaired) electrons. The number of nitrogens with one attached hydrogen (secondary N) is 1. The van der Waals surface area contributed by atoms with Gasteiger partial charge in [-0.1, -0.05) is 0 Å². The van der Waals surface area contributed by atoms with Crippen molar-refractivity contribution in [1.29, 1.82) is 0 Å². The molecule has 1 aliphatic rings. The van der Waals surface area contributed by atoms with E-state index in [0.29, 0.717) is 5.28 Å². The van der Waals surface area contributed by atoms with E-state index in [0.717, 1.165) is 8.73 Å². The highest BCUT2D eigenvalue weighted by molar-refractivity contribution is 7.45. The predicted molar refractivity (Wildman–Crippen MR) is 25.5 cm³/mol. The van der Waals surface area contributed by atoms with Gasteiger partial charge in [-0.05, 0) is 22.6 Å². The van der Waals surface area contributed by atoms with Crippen molar-refractivity contribution in [3.63, 3.8) is 0 Å². The molecule has 1 atom stereocenters. The summed E-state index contributed by atoms with van der Waals surface area (Å²) in [4.78, 5) is 0. The topological polar surface area (TPSA) is 21.9 Å². The number of rotatable bonds is 0. The number of hydrogen-bond donors (Lipinski definition) is 1. The summed E-state index contributed by atoms with van der Waals surface area (Å²) in [6, 6.07) is 0. The van der Waals surface area contributed by atoms with Crippen molar-refractivity contribution in [3.8, 4) is 0 Å². The van der Waals surface area contributed by atoms with Crippen molar-refractivity contribution in [2.24, 2.45) is 0 Å². The highest BCUT2D eigenvalue weighted by Crippen LogP contribution is 2.41. The van der Waals surface area contributed by atoms with Gasteiger partial charge in [0.2, 0.25) is 0 Å². The first kappa shape index (κ1) is 3.58. The fourth-order valence-corrected chi connectivity index (χ4v) is 0.375. The zero-order chi connectivity index (χ0) is 3.91. The second-order valence-corrected chi connectivity index (χ2v) is 3.62. The van der Waals surface area contributed by atoms with Gasteiger partial charge in [0.05, 0.1) is 0 Å². The Labute approximate surface area is 34.0 Å². The molecular weight excluding hydrogens is 81.0 g/mol. The molecule has 1 saturated heterocycles. The second-order valence-electron chi connectivity index (χ2n) is 1.88. The minimum absolute atomic E-state index is 0.528. The van der Waals surface area contributed by atoms with Crippen LogP contribution in [0.1, 0.15) is 13.8 Å². The molecule has 1 nitrogen and oxygen atoms in total. The lowest BCUT2D eigenvalue weighted by Gasteiger charge is -1.83. The van der Waals surface area contributed by atoms with Gasteiger partial charge in [-0.15, -0.1) is 0 Å². The molecule has 0 aliphatic carbocycles. The summed E-state index contributed by atoms with van der Waals surface area (Å²) in [6.45, 7) is 4.40. The lowest BCUT2D eigenvalue weighted by Crippen LogP contribution is -1.97. The zero-order valence-electron chi connectivity index (χ0n) is 3.50. The van der Waals surface area contributed by atoms with E-state index in [4.69, 9.17) is 0 Å². The molecule has 0 aromatic carbocycles. The van der Waals surface area contributed by atoms with E-state index in [2.05, 4.69) is 18.9 Å². The Kier molecular flexibility index (Phi) is 0.513. The van der Waals surface area contributed by atoms with Gasteiger partial charge in [-0.25, -0.2) is 0 Å². The fraction of sp³-hybridized carbons (Fsp3) is 1.00. The summed E-state index contributed by atoms with van der Waals surface area (Å²) in [7, 11) is 1.01. The van der Waals surface area contributed by atoms with Crippen molar-refractivity contribution in [2.45, 2.75) is 19.1 Å². The summed E-state index contributed by atoms with van der Waals surface area (Å²) in [5.74, 6) is 0. The van der Waals surface area contributed by atoms with Gasteiger partial charge >= 0.3 is 0 Å². The van der Waals surface area contributed by atoms with Crippen LogP contribution in [0.4, 0.5) is 0 Å². The van der Waals surface area contributed by atoms with Crippen molar-refractivity contribution in [2.75, 3.05) is 0 Å². The highest BCUT2D eigenvalue weighted by Gasteiger charge is 2.29. The molecule has 0 amide bonds. The molecule has 1 aliphatic heterocycles. The van der Waals surface area contributed by atoms with Gasteiger partial charge in [0.1, 0.15) is 0 Å². The van der Waals surface area contributed by atoms with Crippen LogP contribution in [0.25, 0.3) is 0 Å². The van der Waals surface area contributed by atoms with Crippen LogP contribution in [-0.2, 0) is 0 Å². The van der Waals surface area contributed by atoms with Crippen LogP contribution >= 0.6 is 8.73 Å². The summed E-state index contributed by atoms with van der Waals surface area (Å²) >= 11 is 0. The quantitative estimate of drug-likeness (QED) is 0.346. The first-order valence-corrected chi connectivity index (χ1v) is 2.75. The zero-order valence-corrected chi connectivity index (χ0v) is 4.50. The summed E-state index contributed by atoms with van der Waals surface area (Å²) in [5, 5.41) is 3.73. The highest BCUT2D eigenvalue weighted by atomic mass is 31.1. The smallest absolute Gasteiger partial charge is 0.0463 e. The Morgan fingerprint density at radius 2 is 1.80 bits per heavy atom. The third-order valence-electron chi connectivity index (χ3n) is 0.625. The molecule has 30 valence electrons. The van der Waals surface area contributed by atoms with E-state index in [1.54, 1.807) is 0 Å². The van der Waals surface area contributed by atoms with Gasteiger partial charge in [-0.3, -0.25) is 5.09 Å². The van der Waals surface area contributed by atoms with Gasteiger partial charge in [0.25, 0.3) is 0 Å². The standard InChI is InChI=1S/C3H8NP/c1-3(2)4-5-3/h4-5H,1-2H3. The molecule has 0 spiro atoms. The summed E-state index contributed by atoms with van der Waals surface area (Å²) in [6.07, 6.45) is 0. The third kappa shape index (κ3) is 0.863. The molecule has 0 aromatic rings. The van der Waals surface area contributed by atoms with E-state index in [9.17, 15) is 0 Å². The molecule has 0 aromatic heterocycles. The summed E-state index contributed by atoms with van der Waals surface area (Å²) < 4.78 is 0. The van der Waals surface area contributed by atoms with Gasteiger partial charge in [0, 0.05) is 5.28 Å². The van der Waals surface area contributed by atoms with Crippen molar-refractivity contribution < 1.29 is 0 Å². The normalized spacial score (nSPS) is 34.8. The SMILES string of the molecule is CC1(C)NP1. The Bertz CT molecular complexity index is 44.9. The maximum atomic E-state index is 3.20. The average Bonchev–Trinajstić information content (AvgIpc) is 1.76. The van der Waals surface area contributed by atoms with Crippen molar-refractivity contribution in [1.82, 2.24) is 5.09 Å². The second kappa shape index (κ2) is 0.717. The molecular formula is C3H8NP. The van der Waals surface area contributed by atoms with Gasteiger partial charge in [-0.2, -0.15) is 0 Å². The minimum atomic E-state index is 0.528. The third-order valence-corrected chi connectivity index (χ3v) is 1.88. The molecule has 1 fully saturated rings. The Morgan fingerprint density at radius 1 is 1.60 bits per heavy atom. The van der Waals surface area contributed by atoms with Crippen LogP contribution in [0.3, 0.4) is 0 Å². The van der Waals surface area contributed by atoms with Crippen LogP contribution in [-0.4, -0.2) is 5.28 Å². The fourth-order valence-electron chi connectivity index (χ4n) is 0.125. The van der Waals surface area contributed by atoms with Crippen LogP contribution in [0.2, 0.25) is 0 Å². The van der Waals surface area contributed by atoms with E-state index >= 15 is 0 Å². The predicted octanol–water partition coefficient (Wildman–Crippen LogP) is 0.919. The van der Waals surface area contributed by atoms with E-state index in [1.807, 2.05) is 0 Å². The van der Waals surface area contributed by atoms with Gasteiger partial charge < -0.3 is 0 Å². The molecule has 0 bridgehead atoms. The number of hydrogen-bond acceptors (Lipinski definition) is 1. The van der Waals surface area contributed by atoms with Crippen LogP contribution in [0.5, 0.6) is 0 Å². The molecule has 1 heterocycles. The molecule has 1 unspecified atom stereocenters. The molecule has 5 heavy (non-hydrogen) atoms. The molecule has 0 saturated carbocycles. The average molecular weight is 89.1 g/mol. The van der Waals surface area contributed by atoms with Crippen LogP contribution in [0, 0.1) is 0 Å². The maximum absolute atomic E-state index is 3.20. The van der Waals surface area contributed by atoms with Crippen molar-refractivity contribution in [3.05, 3.63) is 0 Å². The lowest BCUT2D eigenvalue weighted by atomic mass is 10.4. The van der Waals surface area contributed by atoms with E-state index in [1.165, 1.54) is 0 Å². The van der Waals surface area contributed by atoms with Crippen molar-refractivity contribution >= 4 is 8.73 Å². The Hall–Kier alpha value is 0.390. The van der Waals surface area contributed by atoms with Crippen LogP contribution < -0.4 is 5.09 Å². The van der Waals surface area contributed by atoms with E-state index < -0.39 is 0 Å². The first-order valence-electron chi connectivity index (χ1n) is 1.75. The largest absolute Gasteiger partial charge is 0.286 e. The molecule has 1 rings (SSSR count).